The highest BCUT2D eigenvalue weighted by molar-refractivity contribution is 7.97. The molecule has 0 atom stereocenters. The van der Waals surface area contributed by atoms with Crippen molar-refractivity contribution in [1.82, 2.24) is 0 Å². The van der Waals surface area contributed by atoms with E-state index in [0.717, 1.165) is 18.8 Å². The summed E-state index contributed by atoms with van der Waals surface area (Å²) in [6.45, 7) is 2.95. The van der Waals surface area contributed by atoms with Crippen LogP contribution in [0.5, 0.6) is 5.75 Å². The molecule has 0 spiro atoms. The molecule has 19 heavy (non-hydrogen) atoms. The summed E-state index contributed by atoms with van der Waals surface area (Å²) in [6, 6.07) is 13.2. The maximum atomic E-state index is 5.89. The van der Waals surface area contributed by atoms with Crippen LogP contribution >= 0.6 is 0 Å². The van der Waals surface area contributed by atoms with Gasteiger partial charge in [-0.2, -0.15) is 0 Å². The number of hydrogen-bond acceptors (Lipinski definition) is 1. The van der Waals surface area contributed by atoms with Crippen LogP contribution in [0.15, 0.2) is 41.3 Å². The predicted molar refractivity (Wildman–Crippen MR) is 84.3 cm³/mol. The fourth-order valence-electron chi connectivity index (χ4n) is 2.72. The van der Waals surface area contributed by atoms with Gasteiger partial charge in [-0.1, -0.05) is 25.1 Å². The Morgan fingerprint density at radius 2 is 1.74 bits per heavy atom. The van der Waals surface area contributed by atoms with Crippen LogP contribution in [0.25, 0.3) is 10.8 Å². The summed E-state index contributed by atoms with van der Waals surface area (Å²) in [7, 11) is 0.465. The van der Waals surface area contributed by atoms with Crippen molar-refractivity contribution in [3.63, 3.8) is 0 Å². The second-order valence-corrected chi connectivity index (χ2v) is 7.31. The quantitative estimate of drug-likeness (QED) is 0.750. The van der Waals surface area contributed by atoms with E-state index in [2.05, 4.69) is 43.3 Å². The summed E-state index contributed by atoms with van der Waals surface area (Å²) < 4.78 is 5.89. The molecule has 1 saturated heterocycles. The fraction of sp³-hybridized carbons (Fsp3) is 0.412. The van der Waals surface area contributed by atoms with E-state index in [-0.39, 0.29) is 0 Å². The fourth-order valence-corrected chi connectivity index (χ4v) is 5.23. The molecule has 0 unspecified atom stereocenters. The van der Waals surface area contributed by atoms with Gasteiger partial charge in [0.1, 0.15) is 17.3 Å². The molecule has 2 aromatic rings. The van der Waals surface area contributed by atoms with Gasteiger partial charge in [-0.3, -0.25) is 0 Å². The second kappa shape index (κ2) is 5.87. The molecule has 1 aliphatic heterocycles. The zero-order chi connectivity index (χ0) is 13.1. The van der Waals surface area contributed by atoms with E-state index in [0.29, 0.717) is 10.9 Å². The van der Waals surface area contributed by atoms with Crippen LogP contribution in [0.1, 0.15) is 26.2 Å². The van der Waals surface area contributed by atoms with Crippen molar-refractivity contribution >= 4 is 21.7 Å². The highest BCUT2D eigenvalue weighted by Gasteiger charge is 2.28. The van der Waals surface area contributed by atoms with Crippen molar-refractivity contribution < 1.29 is 4.74 Å². The van der Waals surface area contributed by atoms with Crippen molar-refractivity contribution in [2.75, 3.05) is 18.1 Å². The molecule has 0 aliphatic carbocycles. The molecule has 2 heteroatoms. The Morgan fingerprint density at radius 1 is 1.00 bits per heavy atom. The van der Waals surface area contributed by atoms with Crippen LogP contribution < -0.4 is 4.74 Å². The van der Waals surface area contributed by atoms with E-state index in [1.54, 1.807) is 4.90 Å². The molecule has 0 amide bonds. The van der Waals surface area contributed by atoms with Crippen LogP contribution in [0, 0.1) is 0 Å². The first-order valence-corrected chi connectivity index (χ1v) is 8.78. The van der Waals surface area contributed by atoms with Gasteiger partial charge in [0, 0.05) is 21.7 Å². The van der Waals surface area contributed by atoms with E-state index in [1.807, 2.05) is 0 Å². The summed E-state index contributed by atoms with van der Waals surface area (Å²) in [5.74, 6) is 3.79. The molecular weight excluding hydrogens is 252 g/mol. The summed E-state index contributed by atoms with van der Waals surface area (Å²) in [4.78, 5) is 1.55. The largest absolute Gasteiger partial charge is 0.493 e. The van der Waals surface area contributed by atoms with Gasteiger partial charge in [0.15, 0.2) is 4.90 Å². The van der Waals surface area contributed by atoms with E-state index in [4.69, 9.17) is 4.74 Å². The molecule has 100 valence electrons. The highest BCUT2D eigenvalue weighted by Crippen LogP contribution is 2.33. The van der Waals surface area contributed by atoms with E-state index >= 15 is 0 Å². The highest BCUT2D eigenvalue weighted by atomic mass is 32.2. The monoisotopic (exact) mass is 273 g/mol. The molecule has 3 rings (SSSR count). The van der Waals surface area contributed by atoms with E-state index in [1.165, 1.54) is 35.1 Å². The Bertz CT molecular complexity index is 558. The molecule has 2 aromatic carbocycles. The first-order valence-electron chi connectivity index (χ1n) is 7.22. The molecule has 0 saturated carbocycles. The molecule has 1 heterocycles. The predicted octanol–water partition coefficient (Wildman–Crippen LogP) is 4.40. The molecule has 0 aromatic heterocycles. The minimum atomic E-state index is 0.465. The van der Waals surface area contributed by atoms with Gasteiger partial charge in [-0.25, -0.2) is 0 Å². The first-order chi connectivity index (χ1) is 9.40. The molecule has 1 fully saturated rings. The maximum absolute atomic E-state index is 5.89. The number of ether oxygens (including phenoxy) is 1. The third-order valence-electron chi connectivity index (χ3n) is 3.65. The Hall–Kier alpha value is -1.15. The number of fused-ring (bicyclic) bond motifs is 1. The molecule has 0 bridgehead atoms. The average Bonchev–Trinajstić information content (AvgIpc) is 2.98. The van der Waals surface area contributed by atoms with Gasteiger partial charge >= 0.3 is 0 Å². The maximum Gasteiger partial charge on any atom is 0.162 e. The summed E-state index contributed by atoms with van der Waals surface area (Å²) in [6.07, 6.45) is 3.84. The Balaban J connectivity index is 2.04. The van der Waals surface area contributed by atoms with E-state index < -0.39 is 0 Å². The van der Waals surface area contributed by atoms with Crippen LogP contribution in [0.2, 0.25) is 0 Å². The van der Waals surface area contributed by atoms with Crippen LogP contribution in [0.3, 0.4) is 0 Å². The van der Waals surface area contributed by atoms with Crippen LogP contribution in [-0.4, -0.2) is 18.1 Å². The van der Waals surface area contributed by atoms with Gasteiger partial charge in [-0.15, -0.1) is 0 Å². The average molecular weight is 273 g/mol. The van der Waals surface area contributed by atoms with Gasteiger partial charge in [0.25, 0.3) is 0 Å². The van der Waals surface area contributed by atoms with Crippen molar-refractivity contribution in [2.45, 2.75) is 31.1 Å². The topological polar surface area (TPSA) is 9.23 Å². The first kappa shape index (κ1) is 12.9. The molecule has 1 aliphatic rings. The van der Waals surface area contributed by atoms with E-state index in [9.17, 15) is 0 Å². The van der Waals surface area contributed by atoms with Crippen LogP contribution in [0.4, 0.5) is 0 Å². The van der Waals surface area contributed by atoms with Crippen molar-refractivity contribution in [1.29, 1.82) is 0 Å². The minimum absolute atomic E-state index is 0.465. The molecule has 0 radical (unpaired) electrons. The van der Waals surface area contributed by atoms with Gasteiger partial charge in [0.2, 0.25) is 0 Å². The lowest BCUT2D eigenvalue weighted by molar-refractivity contribution is 0.321. The SMILES string of the molecule is CCCOc1cccc2c([S+]3CCCC3)cccc12. The van der Waals surface area contributed by atoms with Crippen molar-refractivity contribution in [2.24, 2.45) is 0 Å². The molecule has 1 nitrogen and oxygen atoms in total. The van der Waals surface area contributed by atoms with Crippen molar-refractivity contribution in [3.8, 4) is 5.75 Å². The summed E-state index contributed by atoms with van der Waals surface area (Å²) in [5.41, 5.74) is 0. The van der Waals surface area contributed by atoms with Crippen molar-refractivity contribution in [3.05, 3.63) is 36.4 Å². The number of benzene rings is 2. The summed E-state index contributed by atoms with van der Waals surface area (Å²) >= 11 is 0. The second-order valence-electron chi connectivity index (χ2n) is 5.06. The lowest BCUT2D eigenvalue weighted by atomic mass is 10.1. The Morgan fingerprint density at radius 3 is 2.53 bits per heavy atom. The smallest absolute Gasteiger partial charge is 0.162 e. The lowest BCUT2D eigenvalue weighted by Crippen LogP contribution is -2.04. The minimum Gasteiger partial charge on any atom is -0.493 e. The summed E-state index contributed by atoms with van der Waals surface area (Å²) in [5, 5.41) is 2.69. The Kier molecular flexibility index (Phi) is 3.97. The number of hydrogen-bond donors (Lipinski definition) is 0. The number of rotatable bonds is 4. The zero-order valence-electron chi connectivity index (χ0n) is 11.5. The molecule has 0 N–H and O–H groups in total. The van der Waals surface area contributed by atoms with Gasteiger partial charge in [-0.05, 0) is 37.5 Å². The third kappa shape index (κ3) is 2.59. The normalized spacial score (nSPS) is 16.1. The Labute approximate surface area is 118 Å². The van der Waals surface area contributed by atoms with Gasteiger partial charge in [0.05, 0.1) is 6.61 Å². The lowest BCUT2D eigenvalue weighted by Gasteiger charge is -2.10. The molecular formula is C17H21OS+. The standard InChI is InChI=1S/C17H21OS/c1-2-11-18-16-9-5-8-15-14(16)7-6-10-17(15)19-12-3-4-13-19/h5-10H,2-4,11-13H2,1H3/q+1. The van der Waals surface area contributed by atoms with Gasteiger partial charge < -0.3 is 4.74 Å². The van der Waals surface area contributed by atoms with Crippen LogP contribution in [-0.2, 0) is 10.9 Å². The third-order valence-corrected chi connectivity index (χ3v) is 6.19. The zero-order valence-corrected chi connectivity index (χ0v) is 12.3.